The Bertz CT molecular complexity index is 995. The highest BCUT2D eigenvalue weighted by atomic mass is 35.5. The molecule has 2 rings (SSSR count). The number of anilines is 1. The lowest BCUT2D eigenvalue weighted by molar-refractivity contribution is -0.121. The van der Waals surface area contributed by atoms with E-state index in [1.165, 1.54) is 17.8 Å². The topological polar surface area (TPSA) is 66.5 Å². The summed E-state index contributed by atoms with van der Waals surface area (Å²) in [6, 6.07) is 8.92. The quantitative estimate of drug-likeness (QED) is 0.552. The highest BCUT2D eigenvalue weighted by molar-refractivity contribution is 7.98. The first-order valence-corrected chi connectivity index (χ1v) is 12.8. The summed E-state index contributed by atoms with van der Waals surface area (Å²) >= 11 is 7.44. The molecule has 0 aromatic heterocycles. The van der Waals surface area contributed by atoms with E-state index in [1.807, 2.05) is 19.9 Å². The van der Waals surface area contributed by atoms with Gasteiger partial charge in [0.1, 0.15) is 11.9 Å². The van der Waals surface area contributed by atoms with Crippen molar-refractivity contribution in [1.82, 2.24) is 5.32 Å². The van der Waals surface area contributed by atoms with Crippen LogP contribution in [0.4, 0.5) is 10.1 Å². The molecule has 1 N–H and O–H groups in total. The van der Waals surface area contributed by atoms with E-state index in [1.54, 1.807) is 31.2 Å². The van der Waals surface area contributed by atoms with E-state index in [0.717, 1.165) is 21.7 Å². The summed E-state index contributed by atoms with van der Waals surface area (Å²) < 4.78 is 39.6. The van der Waals surface area contributed by atoms with Crippen LogP contribution < -0.4 is 9.62 Å². The first-order chi connectivity index (χ1) is 14.0. The Morgan fingerprint density at radius 1 is 1.23 bits per heavy atom. The Balaban J connectivity index is 1.96. The largest absolute Gasteiger partial charge is 0.353 e. The van der Waals surface area contributed by atoms with E-state index in [9.17, 15) is 17.6 Å². The summed E-state index contributed by atoms with van der Waals surface area (Å²) in [6.07, 6.45) is 1.08. The molecule has 1 amide bonds. The summed E-state index contributed by atoms with van der Waals surface area (Å²) in [5.41, 5.74) is 2.86. The molecule has 0 saturated carbocycles. The van der Waals surface area contributed by atoms with Gasteiger partial charge in [-0.15, -0.1) is 0 Å². The average Bonchev–Trinajstić information content (AvgIpc) is 2.65. The van der Waals surface area contributed by atoms with E-state index in [-0.39, 0.29) is 5.82 Å². The van der Waals surface area contributed by atoms with E-state index in [4.69, 9.17) is 11.6 Å². The van der Waals surface area contributed by atoms with Gasteiger partial charge in [0.15, 0.2) is 0 Å². The van der Waals surface area contributed by atoms with Crippen LogP contribution in [-0.2, 0) is 20.6 Å². The van der Waals surface area contributed by atoms with Gasteiger partial charge in [0, 0.05) is 28.6 Å². The molecule has 0 spiro atoms. The number of sulfonamides is 1. The number of benzene rings is 2. The standard InChI is InChI=1S/C21H26ClFN2O3S2/c1-14-8-9-17(12-15(14)2)25(30(4,27)28)16(3)21(26)24-10-11-29-13-18-19(22)6-5-7-20(18)23/h5-9,12,16H,10-11,13H2,1-4H3,(H,24,26)/t16-/m1/s1. The fourth-order valence-corrected chi connectivity index (χ4v) is 5.27. The molecule has 0 aliphatic heterocycles. The number of rotatable bonds is 9. The molecule has 30 heavy (non-hydrogen) atoms. The number of carbonyl (C=O) groups excluding carboxylic acids is 1. The van der Waals surface area contributed by atoms with Gasteiger partial charge in [-0.25, -0.2) is 12.8 Å². The summed E-state index contributed by atoms with van der Waals surface area (Å²) in [7, 11) is -3.66. The van der Waals surface area contributed by atoms with Crippen LogP contribution in [0, 0.1) is 19.7 Å². The van der Waals surface area contributed by atoms with E-state index < -0.39 is 22.0 Å². The second kappa shape index (κ2) is 10.5. The van der Waals surface area contributed by atoms with E-state index in [0.29, 0.717) is 34.3 Å². The van der Waals surface area contributed by atoms with Crippen LogP contribution in [0.2, 0.25) is 5.02 Å². The van der Waals surface area contributed by atoms with Crippen molar-refractivity contribution in [2.45, 2.75) is 32.6 Å². The third-order valence-electron chi connectivity index (χ3n) is 4.69. The molecule has 1 atom stereocenters. The molecule has 0 unspecified atom stereocenters. The maximum atomic E-state index is 13.8. The summed E-state index contributed by atoms with van der Waals surface area (Å²) in [5, 5.41) is 3.13. The molecule has 2 aromatic rings. The second-order valence-electron chi connectivity index (χ2n) is 7.05. The summed E-state index contributed by atoms with van der Waals surface area (Å²) in [6.45, 7) is 5.71. The number of aryl methyl sites for hydroxylation is 2. The van der Waals surface area contributed by atoms with E-state index in [2.05, 4.69) is 5.32 Å². The number of hydrogen-bond donors (Lipinski definition) is 1. The average molecular weight is 473 g/mol. The molecule has 0 aliphatic carbocycles. The predicted molar refractivity (Wildman–Crippen MR) is 123 cm³/mol. The fourth-order valence-electron chi connectivity index (χ4n) is 2.91. The predicted octanol–water partition coefficient (Wildman–Crippen LogP) is 4.30. The van der Waals surface area contributed by atoms with E-state index >= 15 is 0 Å². The number of nitrogens with one attached hydrogen (secondary N) is 1. The first kappa shape index (κ1) is 24.5. The number of halogens is 2. The molecule has 9 heteroatoms. The summed E-state index contributed by atoms with van der Waals surface area (Å²) in [4.78, 5) is 12.6. The normalized spacial score (nSPS) is 12.5. The number of nitrogens with zero attached hydrogens (tertiary/aromatic N) is 1. The van der Waals surface area contributed by atoms with Gasteiger partial charge < -0.3 is 5.32 Å². The van der Waals surface area contributed by atoms with Gasteiger partial charge >= 0.3 is 0 Å². The zero-order valence-corrected chi connectivity index (χ0v) is 19.8. The monoisotopic (exact) mass is 472 g/mol. The molecule has 0 heterocycles. The Kier molecular flexibility index (Phi) is 8.58. The van der Waals surface area contributed by atoms with Gasteiger partial charge in [-0.05, 0) is 56.2 Å². The Labute approximate surface area is 187 Å². The minimum Gasteiger partial charge on any atom is -0.353 e. The van der Waals surface area contributed by atoms with Gasteiger partial charge in [0.25, 0.3) is 0 Å². The van der Waals surface area contributed by atoms with Crippen LogP contribution in [-0.4, -0.2) is 38.9 Å². The van der Waals surface area contributed by atoms with Crippen LogP contribution in [0.3, 0.4) is 0 Å². The maximum Gasteiger partial charge on any atom is 0.243 e. The first-order valence-electron chi connectivity index (χ1n) is 9.37. The molecule has 5 nitrogen and oxygen atoms in total. The van der Waals surface area contributed by atoms with Gasteiger partial charge in [-0.2, -0.15) is 11.8 Å². The van der Waals surface area contributed by atoms with Crippen LogP contribution in [0.1, 0.15) is 23.6 Å². The molecule has 0 saturated heterocycles. The second-order valence-corrected chi connectivity index (χ2v) is 10.4. The molecular weight excluding hydrogens is 447 g/mol. The van der Waals surface area contributed by atoms with Crippen molar-refractivity contribution in [1.29, 1.82) is 0 Å². The number of thioether (sulfide) groups is 1. The fraction of sp³-hybridized carbons (Fsp3) is 0.381. The third-order valence-corrected chi connectivity index (χ3v) is 7.27. The van der Waals surface area contributed by atoms with Gasteiger partial charge in [0.05, 0.1) is 11.9 Å². The summed E-state index contributed by atoms with van der Waals surface area (Å²) in [5.74, 6) is 0.161. The Hall–Kier alpha value is -1.77. The smallest absolute Gasteiger partial charge is 0.243 e. The van der Waals surface area contributed by atoms with Crippen molar-refractivity contribution in [3.05, 3.63) is 63.9 Å². The lowest BCUT2D eigenvalue weighted by Crippen LogP contribution is -2.48. The van der Waals surface area contributed by atoms with Crippen molar-refractivity contribution >= 4 is 45.0 Å². The SMILES string of the molecule is Cc1ccc(N([C@H](C)C(=O)NCCSCc2c(F)cccc2Cl)S(C)(=O)=O)cc1C. The molecule has 0 fully saturated rings. The van der Waals surface area contributed by atoms with Gasteiger partial charge in [0.2, 0.25) is 15.9 Å². The van der Waals surface area contributed by atoms with Crippen LogP contribution in [0.15, 0.2) is 36.4 Å². The van der Waals surface area contributed by atoms with Crippen molar-refractivity contribution in [3.8, 4) is 0 Å². The lowest BCUT2D eigenvalue weighted by Gasteiger charge is -2.28. The maximum absolute atomic E-state index is 13.8. The molecule has 0 aliphatic rings. The molecule has 0 radical (unpaired) electrons. The minimum atomic E-state index is -3.66. The van der Waals surface area contributed by atoms with Crippen molar-refractivity contribution in [2.75, 3.05) is 22.9 Å². The number of hydrogen-bond acceptors (Lipinski definition) is 4. The minimum absolute atomic E-state index is 0.324. The lowest BCUT2D eigenvalue weighted by atomic mass is 10.1. The van der Waals surface area contributed by atoms with Crippen LogP contribution in [0.25, 0.3) is 0 Å². The zero-order chi connectivity index (χ0) is 22.5. The Morgan fingerprint density at radius 2 is 1.93 bits per heavy atom. The molecular formula is C21H26ClFN2O3S2. The van der Waals surface area contributed by atoms with Crippen molar-refractivity contribution < 1.29 is 17.6 Å². The highest BCUT2D eigenvalue weighted by Gasteiger charge is 2.29. The number of carbonyl (C=O) groups is 1. The van der Waals surface area contributed by atoms with Crippen LogP contribution >= 0.6 is 23.4 Å². The van der Waals surface area contributed by atoms with Crippen molar-refractivity contribution in [2.24, 2.45) is 0 Å². The third kappa shape index (κ3) is 6.36. The molecule has 0 bridgehead atoms. The van der Waals surface area contributed by atoms with Gasteiger partial charge in [-0.3, -0.25) is 9.10 Å². The van der Waals surface area contributed by atoms with Crippen LogP contribution in [0.5, 0.6) is 0 Å². The highest BCUT2D eigenvalue weighted by Crippen LogP contribution is 2.25. The number of amides is 1. The molecule has 164 valence electrons. The Morgan fingerprint density at radius 3 is 2.53 bits per heavy atom. The van der Waals surface area contributed by atoms with Crippen molar-refractivity contribution in [3.63, 3.8) is 0 Å². The van der Waals surface area contributed by atoms with Gasteiger partial charge in [-0.1, -0.05) is 23.7 Å². The zero-order valence-electron chi connectivity index (χ0n) is 17.4. The molecule has 2 aromatic carbocycles.